The Balaban J connectivity index is 0.000000195. The van der Waals surface area contributed by atoms with Crippen LogP contribution in [0.1, 0.15) is 13.3 Å². The van der Waals surface area contributed by atoms with Gasteiger partial charge in [-0.3, -0.25) is 9.78 Å². The predicted octanol–water partition coefficient (Wildman–Crippen LogP) is 3.09. The summed E-state index contributed by atoms with van der Waals surface area (Å²) in [6.07, 6.45) is 2.34. The molecule has 1 heterocycles. The molecule has 2 rings (SSSR count). The molecule has 15 heavy (non-hydrogen) atoms. The highest BCUT2D eigenvalue weighted by Gasteiger charge is 1.86. The number of nitrogens with zero attached hydrogens (tertiary/aromatic N) is 1. The van der Waals surface area contributed by atoms with Crippen molar-refractivity contribution >= 4 is 28.6 Å². The van der Waals surface area contributed by atoms with Gasteiger partial charge in [0, 0.05) is 18.0 Å². The standard InChI is InChI=1S/C9H7N.C3H6OS/c1-2-6-9-8(4-1)5-3-7-10-9;1-2-3(4)5/h1-7H;2H2,1H3,(H,4,5). The maximum Gasteiger partial charge on any atom is 0.185 e. The smallest absolute Gasteiger partial charge is 0.185 e. The van der Waals surface area contributed by atoms with E-state index >= 15 is 0 Å². The number of aromatic nitrogens is 1. The molecule has 0 saturated carbocycles. The minimum Gasteiger partial charge on any atom is -0.288 e. The fraction of sp³-hybridized carbons (Fsp3) is 0.167. The Morgan fingerprint density at radius 1 is 1.27 bits per heavy atom. The number of carbonyl (C=O) groups excluding carboxylic acids is 1. The maximum absolute atomic E-state index is 9.68. The lowest BCUT2D eigenvalue weighted by Gasteiger charge is -1.91. The monoisotopic (exact) mass is 219 g/mol. The summed E-state index contributed by atoms with van der Waals surface area (Å²) in [5, 5.41) is 1.15. The molecule has 0 amide bonds. The van der Waals surface area contributed by atoms with Crippen LogP contribution >= 0.6 is 12.6 Å². The Bertz CT molecular complexity index is 377. The zero-order valence-electron chi connectivity index (χ0n) is 8.55. The first kappa shape index (κ1) is 11.7. The average Bonchev–Trinajstić information content (AvgIpc) is 2.30. The van der Waals surface area contributed by atoms with Crippen LogP contribution in [-0.4, -0.2) is 10.1 Å². The van der Waals surface area contributed by atoms with Crippen LogP contribution < -0.4 is 0 Å². The van der Waals surface area contributed by atoms with Crippen LogP contribution in [0.2, 0.25) is 0 Å². The first-order valence-electron chi connectivity index (χ1n) is 4.75. The van der Waals surface area contributed by atoms with Gasteiger partial charge in [0.2, 0.25) is 0 Å². The molecule has 0 bridgehead atoms. The predicted molar refractivity (Wildman–Crippen MR) is 66.0 cm³/mol. The van der Waals surface area contributed by atoms with E-state index in [0.29, 0.717) is 6.42 Å². The molecule has 0 saturated heterocycles. The Morgan fingerprint density at radius 2 is 1.87 bits per heavy atom. The molecule has 3 heteroatoms. The molecule has 0 aliphatic rings. The van der Waals surface area contributed by atoms with Gasteiger partial charge in [-0.25, -0.2) is 0 Å². The minimum atomic E-state index is -0.0509. The van der Waals surface area contributed by atoms with E-state index in [4.69, 9.17) is 0 Å². The Morgan fingerprint density at radius 3 is 2.47 bits per heavy atom. The van der Waals surface area contributed by atoms with Crippen LogP contribution in [0.25, 0.3) is 10.9 Å². The van der Waals surface area contributed by atoms with E-state index in [2.05, 4.69) is 29.7 Å². The van der Waals surface area contributed by atoms with Crippen molar-refractivity contribution in [2.75, 3.05) is 0 Å². The summed E-state index contributed by atoms with van der Waals surface area (Å²) in [5.74, 6) is 0. The molecule has 0 radical (unpaired) electrons. The van der Waals surface area contributed by atoms with Gasteiger partial charge in [-0.15, -0.1) is 12.6 Å². The number of thiol groups is 1. The Hall–Kier alpha value is -1.35. The Labute approximate surface area is 94.7 Å². The van der Waals surface area contributed by atoms with Crippen molar-refractivity contribution in [3.63, 3.8) is 0 Å². The molecule has 2 aromatic rings. The van der Waals surface area contributed by atoms with Crippen molar-refractivity contribution < 1.29 is 4.79 Å². The third-order valence-corrected chi connectivity index (χ3v) is 2.13. The van der Waals surface area contributed by atoms with E-state index in [9.17, 15) is 4.79 Å². The molecule has 0 atom stereocenters. The number of carbonyl (C=O) groups is 1. The average molecular weight is 219 g/mol. The van der Waals surface area contributed by atoms with Gasteiger partial charge in [0.1, 0.15) is 0 Å². The second kappa shape index (κ2) is 6.19. The highest BCUT2D eigenvalue weighted by molar-refractivity contribution is 7.96. The number of fused-ring (bicyclic) bond motifs is 1. The summed E-state index contributed by atoms with van der Waals surface area (Å²) < 4.78 is 0. The molecule has 0 fully saturated rings. The van der Waals surface area contributed by atoms with E-state index in [0.717, 1.165) is 5.52 Å². The van der Waals surface area contributed by atoms with E-state index in [-0.39, 0.29) is 5.12 Å². The van der Waals surface area contributed by atoms with Crippen molar-refractivity contribution in [1.29, 1.82) is 0 Å². The summed E-state index contributed by atoms with van der Waals surface area (Å²) in [5.41, 5.74) is 1.06. The molecule has 0 unspecified atom stereocenters. The maximum atomic E-state index is 9.68. The highest BCUT2D eigenvalue weighted by atomic mass is 32.1. The fourth-order valence-corrected chi connectivity index (χ4v) is 1.02. The van der Waals surface area contributed by atoms with E-state index < -0.39 is 0 Å². The largest absolute Gasteiger partial charge is 0.288 e. The summed E-state index contributed by atoms with van der Waals surface area (Å²) in [7, 11) is 0. The molecule has 2 nitrogen and oxygen atoms in total. The van der Waals surface area contributed by atoms with Crippen LogP contribution in [0, 0.1) is 0 Å². The van der Waals surface area contributed by atoms with Gasteiger partial charge >= 0.3 is 0 Å². The number of pyridine rings is 1. The molecule has 1 aromatic heterocycles. The third-order valence-electron chi connectivity index (χ3n) is 1.81. The summed E-state index contributed by atoms with van der Waals surface area (Å²) in [6.45, 7) is 1.77. The van der Waals surface area contributed by atoms with Crippen molar-refractivity contribution in [3.8, 4) is 0 Å². The normalized spacial score (nSPS) is 9.20. The van der Waals surface area contributed by atoms with Gasteiger partial charge in [-0.2, -0.15) is 0 Å². The van der Waals surface area contributed by atoms with Crippen LogP contribution in [-0.2, 0) is 4.79 Å². The second-order valence-corrected chi connectivity index (χ2v) is 3.44. The van der Waals surface area contributed by atoms with Crippen molar-refractivity contribution in [2.45, 2.75) is 13.3 Å². The molecule has 1 aromatic carbocycles. The molecule has 0 N–H and O–H groups in total. The first-order chi connectivity index (χ1) is 7.24. The first-order valence-corrected chi connectivity index (χ1v) is 5.20. The van der Waals surface area contributed by atoms with Gasteiger partial charge in [0.15, 0.2) is 5.12 Å². The summed E-state index contributed by atoms with van der Waals surface area (Å²) in [4.78, 5) is 13.9. The van der Waals surface area contributed by atoms with Gasteiger partial charge in [0.05, 0.1) is 5.52 Å². The second-order valence-electron chi connectivity index (χ2n) is 2.94. The number of benzene rings is 1. The zero-order chi connectivity index (χ0) is 11.1. The molecular weight excluding hydrogens is 206 g/mol. The number of hydrogen-bond acceptors (Lipinski definition) is 2. The van der Waals surface area contributed by atoms with Crippen molar-refractivity contribution in [3.05, 3.63) is 42.6 Å². The number of rotatable bonds is 1. The van der Waals surface area contributed by atoms with Gasteiger partial charge < -0.3 is 0 Å². The van der Waals surface area contributed by atoms with Crippen molar-refractivity contribution in [1.82, 2.24) is 4.98 Å². The van der Waals surface area contributed by atoms with Gasteiger partial charge in [-0.05, 0) is 12.1 Å². The minimum absolute atomic E-state index is 0.0509. The topological polar surface area (TPSA) is 30.0 Å². The molecule has 0 aliphatic heterocycles. The lowest BCUT2D eigenvalue weighted by Crippen LogP contribution is -1.74. The zero-order valence-corrected chi connectivity index (χ0v) is 9.45. The highest BCUT2D eigenvalue weighted by Crippen LogP contribution is 2.07. The number of para-hydroxylation sites is 1. The van der Waals surface area contributed by atoms with Crippen molar-refractivity contribution in [2.24, 2.45) is 0 Å². The molecule has 0 spiro atoms. The van der Waals surface area contributed by atoms with E-state index in [1.165, 1.54) is 5.39 Å². The van der Waals surface area contributed by atoms with Gasteiger partial charge in [-0.1, -0.05) is 31.2 Å². The molecule has 78 valence electrons. The summed E-state index contributed by atoms with van der Waals surface area (Å²) >= 11 is 3.46. The lowest BCUT2D eigenvalue weighted by molar-refractivity contribution is -0.110. The van der Waals surface area contributed by atoms with Crippen LogP contribution in [0.15, 0.2) is 42.6 Å². The summed E-state index contributed by atoms with van der Waals surface area (Å²) in [6, 6.07) is 12.1. The third kappa shape index (κ3) is 4.13. The SMILES string of the molecule is CCC(=O)S.c1ccc2ncccc2c1. The van der Waals surface area contributed by atoms with Gasteiger partial charge in [0.25, 0.3) is 0 Å². The van der Waals surface area contributed by atoms with E-state index in [1.54, 1.807) is 6.92 Å². The van der Waals surface area contributed by atoms with Crippen LogP contribution in [0.5, 0.6) is 0 Å². The molecular formula is C12H13NOS. The van der Waals surface area contributed by atoms with Crippen LogP contribution in [0.4, 0.5) is 0 Å². The van der Waals surface area contributed by atoms with Crippen LogP contribution in [0.3, 0.4) is 0 Å². The quantitative estimate of drug-likeness (QED) is 0.747. The Kier molecular flexibility index (Phi) is 4.84. The number of hydrogen-bond donors (Lipinski definition) is 1. The lowest BCUT2D eigenvalue weighted by atomic mass is 10.2. The molecule has 0 aliphatic carbocycles. The fourth-order valence-electron chi connectivity index (χ4n) is 1.02. The van der Waals surface area contributed by atoms with E-state index in [1.807, 2.05) is 30.5 Å².